The molecule has 0 saturated carbocycles. The number of aliphatic imine (C=N–C) groups is 2. The van der Waals surface area contributed by atoms with Crippen molar-refractivity contribution in [3.05, 3.63) is 76.4 Å². The molecule has 1 amide bonds. The molecule has 0 fully saturated rings. The first-order chi connectivity index (χ1) is 17.2. The van der Waals surface area contributed by atoms with Crippen LogP contribution in [0.3, 0.4) is 0 Å². The Bertz CT molecular complexity index is 1320. The quantitative estimate of drug-likeness (QED) is 0.533. The molecule has 5 rings (SSSR count). The van der Waals surface area contributed by atoms with Gasteiger partial charge >= 0.3 is 6.18 Å². The van der Waals surface area contributed by atoms with Gasteiger partial charge in [0, 0.05) is 24.5 Å². The molecule has 3 aliphatic rings. The van der Waals surface area contributed by atoms with E-state index in [4.69, 9.17) is 0 Å². The summed E-state index contributed by atoms with van der Waals surface area (Å²) in [5.74, 6) is -0.460. The summed E-state index contributed by atoms with van der Waals surface area (Å²) in [6.45, 7) is 1.45. The van der Waals surface area contributed by atoms with E-state index >= 15 is 0 Å². The zero-order chi connectivity index (χ0) is 25.4. The SMILES string of the molecule is CC(=O)c1ccc2c(c1)CCC2NC1=CNC2C(C(=O)NCc3ccnc(C(F)(F)F)c3)=NC=NC12. The smallest absolute Gasteiger partial charge is 0.379 e. The van der Waals surface area contributed by atoms with Gasteiger partial charge in [0.25, 0.3) is 5.91 Å². The van der Waals surface area contributed by atoms with Gasteiger partial charge in [0.1, 0.15) is 29.8 Å². The first-order valence-electron chi connectivity index (χ1n) is 11.5. The topological polar surface area (TPSA) is 108 Å². The van der Waals surface area contributed by atoms with Crippen LogP contribution in [0.2, 0.25) is 0 Å². The van der Waals surface area contributed by atoms with E-state index in [2.05, 4.69) is 30.9 Å². The third-order valence-electron chi connectivity index (χ3n) is 6.54. The second-order valence-electron chi connectivity index (χ2n) is 8.90. The molecule has 186 valence electrons. The highest BCUT2D eigenvalue weighted by Gasteiger charge is 2.39. The van der Waals surface area contributed by atoms with Gasteiger partial charge in [-0.1, -0.05) is 12.1 Å². The van der Waals surface area contributed by atoms with Crippen LogP contribution in [0.1, 0.15) is 52.1 Å². The standard InChI is InChI=1S/C25H23F3N6O2/c1-13(35)15-2-4-17-16(9-15)3-5-18(17)34-19-11-30-22-21(19)32-12-33-23(22)24(36)31-10-14-6-7-29-20(8-14)25(26,27)28/h2,4,6-9,11-12,18,21-22,30,34H,3,5,10H2,1H3,(H,31,36). The van der Waals surface area contributed by atoms with Crippen LogP contribution < -0.4 is 16.0 Å². The Labute approximate surface area is 204 Å². The molecule has 0 spiro atoms. The molecule has 0 bridgehead atoms. The lowest BCUT2D eigenvalue weighted by Gasteiger charge is -2.25. The van der Waals surface area contributed by atoms with Crippen molar-refractivity contribution in [3.8, 4) is 0 Å². The number of amides is 1. The summed E-state index contributed by atoms with van der Waals surface area (Å²) in [4.78, 5) is 36.4. The van der Waals surface area contributed by atoms with Gasteiger partial charge in [-0.2, -0.15) is 13.2 Å². The maximum atomic E-state index is 12.9. The molecular weight excluding hydrogens is 473 g/mol. The van der Waals surface area contributed by atoms with Gasteiger partial charge in [0.15, 0.2) is 5.78 Å². The van der Waals surface area contributed by atoms with Crippen molar-refractivity contribution in [1.82, 2.24) is 20.9 Å². The zero-order valence-corrected chi connectivity index (χ0v) is 19.3. The fraction of sp³-hybridized carbons (Fsp3) is 0.320. The Morgan fingerprint density at radius 2 is 2.03 bits per heavy atom. The molecule has 3 N–H and O–H groups in total. The van der Waals surface area contributed by atoms with Crippen molar-refractivity contribution in [3.63, 3.8) is 0 Å². The number of hydrogen-bond acceptors (Lipinski definition) is 7. The number of halogens is 3. The summed E-state index contributed by atoms with van der Waals surface area (Å²) < 4.78 is 38.7. The fourth-order valence-corrected chi connectivity index (χ4v) is 4.70. The molecule has 2 aliphatic heterocycles. The van der Waals surface area contributed by atoms with Crippen molar-refractivity contribution in [1.29, 1.82) is 0 Å². The van der Waals surface area contributed by atoms with Crippen LogP contribution >= 0.6 is 0 Å². The number of carbonyl (C=O) groups excluding carboxylic acids is 2. The highest BCUT2D eigenvalue weighted by molar-refractivity contribution is 6.42. The van der Waals surface area contributed by atoms with Crippen LogP contribution in [0.25, 0.3) is 0 Å². The number of rotatable bonds is 6. The fourth-order valence-electron chi connectivity index (χ4n) is 4.70. The minimum Gasteiger partial charge on any atom is -0.379 e. The number of pyridine rings is 1. The van der Waals surface area contributed by atoms with Crippen molar-refractivity contribution < 1.29 is 22.8 Å². The Morgan fingerprint density at radius 1 is 1.19 bits per heavy atom. The summed E-state index contributed by atoms with van der Waals surface area (Å²) in [5.41, 5.74) is 3.24. The van der Waals surface area contributed by atoms with Gasteiger partial charge in [-0.15, -0.1) is 0 Å². The molecule has 2 aromatic rings. The van der Waals surface area contributed by atoms with Crippen LogP contribution in [0.5, 0.6) is 0 Å². The van der Waals surface area contributed by atoms with E-state index in [1.54, 1.807) is 13.1 Å². The van der Waals surface area contributed by atoms with Gasteiger partial charge in [0.05, 0.1) is 11.7 Å². The van der Waals surface area contributed by atoms with E-state index in [1.165, 1.54) is 12.4 Å². The number of nitrogens with zero attached hydrogens (tertiary/aromatic N) is 3. The van der Waals surface area contributed by atoms with Crippen molar-refractivity contribution in [2.45, 2.75) is 50.6 Å². The Hall–Kier alpha value is -4.02. The zero-order valence-electron chi connectivity index (χ0n) is 19.3. The molecule has 11 heteroatoms. The first kappa shape index (κ1) is 23.7. The number of hydrogen-bond donors (Lipinski definition) is 3. The number of ketones is 1. The van der Waals surface area contributed by atoms with Crippen LogP contribution in [0, 0.1) is 0 Å². The number of alkyl halides is 3. The first-order valence-corrected chi connectivity index (χ1v) is 11.5. The Kier molecular flexibility index (Phi) is 6.07. The van der Waals surface area contributed by atoms with E-state index in [0.29, 0.717) is 5.56 Å². The third-order valence-corrected chi connectivity index (χ3v) is 6.54. The van der Waals surface area contributed by atoms with Crippen LogP contribution in [0.4, 0.5) is 13.2 Å². The number of Topliss-reactive ketones (excluding diaryl/α,β-unsaturated/α-hetero) is 1. The van der Waals surface area contributed by atoms with Crippen LogP contribution in [-0.2, 0) is 23.9 Å². The number of fused-ring (bicyclic) bond motifs is 2. The van der Waals surface area contributed by atoms with Gasteiger partial charge < -0.3 is 16.0 Å². The number of benzene rings is 1. The monoisotopic (exact) mass is 496 g/mol. The lowest BCUT2D eigenvalue weighted by atomic mass is 10.00. The largest absolute Gasteiger partial charge is 0.433 e. The van der Waals surface area contributed by atoms with Crippen LogP contribution in [0.15, 0.2) is 58.4 Å². The molecule has 3 unspecified atom stereocenters. The molecule has 1 aliphatic carbocycles. The molecule has 0 radical (unpaired) electrons. The van der Waals surface area contributed by atoms with E-state index in [-0.39, 0.29) is 35.7 Å². The molecule has 36 heavy (non-hydrogen) atoms. The lowest BCUT2D eigenvalue weighted by Crippen LogP contribution is -2.49. The van der Waals surface area contributed by atoms with Gasteiger partial charge in [-0.25, -0.2) is 4.99 Å². The summed E-state index contributed by atoms with van der Waals surface area (Å²) in [5, 5.41) is 9.31. The lowest BCUT2D eigenvalue weighted by molar-refractivity contribution is -0.141. The maximum Gasteiger partial charge on any atom is 0.433 e. The molecule has 8 nitrogen and oxygen atoms in total. The predicted molar refractivity (Wildman–Crippen MR) is 126 cm³/mol. The number of nitrogens with one attached hydrogen (secondary N) is 3. The van der Waals surface area contributed by atoms with Crippen molar-refractivity contribution in [2.75, 3.05) is 0 Å². The Balaban J connectivity index is 1.22. The summed E-state index contributed by atoms with van der Waals surface area (Å²) in [6, 6.07) is 7.24. The number of aromatic nitrogens is 1. The van der Waals surface area contributed by atoms with E-state index < -0.39 is 23.8 Å². The molecular formula is C25H23F3N6O2. The summed E-state index contributed by atoms with van der Waals surface area (Å²) in [6.07, 6.45) is 1.33. The third kappa shape index (κ3) is 4.60. The highest BCUT2D eigenvalue weighted by Crippen LogP contribution is 2.34. The average Bonchev–Trinajstić information content (AvgIpc) is 3.46. The van der Waals surface area contributed by atoms with Crippen LogP contribution in [-0.4, -0.2) is 40.8 Å². The van der Waals surface area contributed by atoms with Crippen molar-refractivity contribution >= 4 is 23.7 Å². The normalized spacial score (nSPS) is 22.2. The van der Waals surface area contributed by atoms with E-state index in [9.17, 15) is 22.8 Å². The number of carbonyl (C=O) groups is 2. The van der Waals surface area contributed by atoms with Crippen molar-refractivity contribution in [2.24, 2.45) is 9.98 Å². The average molecular weight is 496 g/mol. The molecule has 3 atom stereocenters. The minimum absolute atomic E-state index is 0.0334. The minimum atomic E-state index is -4.56. The molecule has 1 aromatic heterocycles. The van der Waals surface area contributed by atoms with Gasteiger partial charge in [0.2, 0.25) is 0 Å². The van der Waals surface area contributed by atoms with Gasteiger partial charge in [-0.3, -0.25) is 19.6 Å². The molecule has 0 saturated heterocycles. The van der Waals surface area contributed by atoms with Gasteiger partial charge in [-0.05, 0) is 54.7 Å². The summed E-state index contributed by atoms with van der Waals surface area (Å²) >= 11 is 0. The Morgan fingerprint density at radius 3 is 2.81 bits per heavy atom. The van der Waals surface area contributed by atoms with E-state index in [0.717, 1.165) is 41.9 Å². The highest BCUT2D eigenvalue weighted by atomic mass is 19.4. The second-order valence-corrected chi connectivity index (χ2v) is 8.90. The summed E-state index contributed by atoms with van der Waals surface area (Å²) in [7, 11) is 0. The number of aryl methyl sites for hydroxylation is 1. The maximum absolute atomic E-state index is 12.9. The second kappa shape index (κ2) is 9.21. The molecule has 3 heterocycles. The van der Waals surface area contributed by atoms with E-state index in [1.807, 2.05) is 18.2 Å². The molecule has 1 aromatic carbocycles. The predicted octanol–water partition coefficient (Wildman–Crippen LogP) is 2.86.